The van der Waals surface area contributed by atoms with Gasteiger partial charge in [0.15, 0.2) is 0 Å². The Morgan fingerprint density at radius 2 is 2.05 bits per heavy atom. The van der Waals surface area contributed by atoms with Crippen LogP contribution in [0.5, 0.6) is 0 Å². The minimum Gasteiger partial charge on any atom is -0.345 e. The van der Waals surface area contributed by atoms with Crippen molar-refractivity contribution < 1.29 is 9.59 Å². The predicted molar refractivity (Wildman–Crippen MR) is 78.4 cm³/mol. The Kier molecular flexibility index (Phi) is 4.09. The summed E-state index contributed by atoms with van der Waals surface area (Å²) in [5, 5.41) is 2.60. The molecule has 3 N–H and O–H groups in total. The van der Waals surface area contributed by atoms with Crippen molar-refractivity contribution >= 4 is 17.5 Å². The van der Waals surface area contributed by atoms with Crippen LogP contribution in [-0.4, -0.2) is 30.4 Å². The maximum absolute atomic E-state index is 12.3. The number of nitrogens with one attached hydrogen (secondary N) is 1. The molecule has 0 saturated carbocycles. The third kappa shape index (κ3) is 3.17. The molecule has 2 rings (SSSR count). The fourth-order valence-electron chi connectivity index (χ4n) is 2.27. The summed E-state index contributed by atoms with van der Waals surface area (Å²) in [5.74, 6) is -0.425. The van der Waals surface area contributed by atoms with Gasteiger partial charge in [-0.15, -0.1) is 0 Å². The first-order valence-electron chi connectivity index (χ1n) is 6.85. The number of amides is 2. The summed E-state index contributed by atoms with van der Waals surface area (Å²) in [5.41, 5.74) is 6.84. The number of hydrogen-bond acceptors (Lipinski definition) is 3. The van der Waals surface area contributed by atoms with Crippen molar-refractivity contribution in [1.82, 2.24) is 5.32 Å². The van der Waals surface area contributed by atoms with E-state index in [0.29, 0.717) is 6.54 Å². The molecule has 0 aromatic heterocycles. The van der Waals surface area contributed by atoms with Crippen LogP contribution in [0.4, 0.5) is 5.69 Å². The Bertz CT molecular complexity index is 520. The quantitative estimate of drug-likeness (QED) is 0.857. The van der Waals surface area contributed by atoms with Crippen molar-refractivity contribution in [3.63, 3.8) is 0 Å². The number of rotatable bonds is 3. The molecular formula is C15H21N3O2. The van der Waals surface area contributed by atoms with Gasteiger partial charge in [0.05, 0.1) is 12.1 Å². The van der Waals surface area contributed by atoms with Gasteiger partial charge < -0.3 is 16.0 Å². The third-order valence-corrected chi connectivity index (χ3v) is 3.40. The fraction of sp³-hybridized carbons (Fsp3) is 0.467. The van der Waals surface area contributed by atoms with E-state index < -0.39 is 5.54 Å². The van der Waals surface area contributed by atoms with Gasteiger partial charge in [-0.2, -0.15) is 0 Å². The molecule has 5 heteroatoms. The number of benzene rings is 1. The number of carbonyl (C=O) groups excluding carboxylic acids is 2. The minimum absolute atomic E-state index is 0.0200. The normalized spacial score (nSPS) is 14.7. The highest BCUT2D eigenvalue weighted by atomic mass is 16.2. The number of para-hydroxylation sites is 1. The molecule has 1 heterocycles. The minimum atomic E-state index is -0.972. The number of aryl methyl sites for hydroxylation is 1. The second kappa shape index (κ2) is 5.63. The molecule has 0 bridgehead atoms. The van der Waals surface area contributed by atoms with Gasteiger partial charge in [-0.25, -0.2) is 0 Å². The molecule has 2 amide bonds. The lowest BCUT2D eigenvalue weighted by Crippen LogP contribution is -2.52. The largest absolute Gasteiger partial charge is 0.345 e. The van der Waals surface area contributed by atoms with Gasteiger partial charge in [0.2, 0.25) is 11.8 Å². The fourth-order valence-corrected chi connectivity index (χ4v) is 2.27. The van der Waals surface area contributed by atoms with Gasteiger partial charge in [-0.1, -0.05) is 18.2 Å². The van der Waals surface area contributed by atoms with E-state index in [4.69, 9.17) is 5.73 Å². The molecule has 0 radical (unpaired) electrons. The van der Waals surface area contributed by atoms with Crippen LogP contribution in [0.25, 0.3) is 0 Å². The number of fused-ring (bicyclic) bond motifs is 1. The van der Waals surface area contributed by atoms with E-state index in [-0.39, 0.29) is 18.4 Å². The number of nitrogens with zero attached hydrogens (tertiary/aromatic N) is 1. The summed E-state index contributed by atoms with van der Waals surface area (Å²) in [6.07, 6.45) is 1.93. The molecular weight excluding hydrogens is 254 g/mol. The Labute approximate surface area is 119 Å². The van der Waals surface area contributed by atoms with E-state index >= 15 is 0 Å². The van der Waals surface area contributed by atoms with E-state index in [2.05, 4.69) is 5.32 Å². The molecule has 20 heavy (non-hydrogen) atoms. The Morgan fingerprint density at radius 3 is 2.75 bits per heavy atom. The molecule has 0 fully saturated rings. The van der Waals surface area contributed by atoms with Crippen LogP contribution in [0, 0.1) is 0 Å². The average molecular weight is 275 g/mol. The highest BCUT2D eigenvalue weighted by Gasteiger charge is 2.25. The standard InChI is InChI=1S/C15H21N3O2/c1-15(2,16)14(20)17-10-13(19)18-9-5-7-11-6-3-4-8-12(11)18/h3-4,6,8H,5,7,9-10,16H2,1-2H3,(H,17,20). The molecule has 1 aliphatic rings. The summed E-state index contributed by atoms with van der Waals surface area (Å²) >= 11 is 0. The second-order valence-electron chi connectivity index (χ2n) is 5.68. The molecule has 0 spiro atoms. The summed E-state index contributed by atoms with van der Waals surface area (Å²) in [4.78, 5) is 25.7. The molecule has 1 aromatic rings. The van der Waals surface area contributed by atoms with Gasteiger partial charge in [0, 0.05) is 12.2 Å². The zero-order chi connectivity index (χ0) is 14.8. The summed E-state index contributed by atoms with van der Waals surface area (Å²) < 4.78 is 0. The average Bonchev–Trinajstić information content (AvgIpc) is 2.42. The first kappa shape index (κ1) is 14.5. The van der Waals surface area contributed by atoms with Crippen molar-refractivity contribution in [1.29, 1.82) is 0 Å². The molecule has 0 unspecified atom stereocenters. The van der Waals surface area contributed by atoms with Crippen LogP contribution in [0.3, 0.4) is 0 Å². The van der Waals surface area contributed by atoms with Crippen molar-refractivity contribution in [2.45, 2.75) is 32.2 Å². The van der Waals surface area contributed by atoms with Crippen LogP contribution in [0.2, 0.25) is 0 Å². The van der Waals surface area contributed by atoms with Crippen molar-refractivity contribution in [2.24, 2.45) is 5.73 Å². The second-order valence-corrected chi connectivity index (χ2v) is 5.68. The van der Waals surface area contributed by atoms with Gasteiger partial charge in [0.25, 0.3) is 0 Å². The molecule has 0 atom stereocenters. The first-order valence-corrected chi connectivity index (χ1v) is 6.85. The molecule has 0 saturated heterocycles. The predicted octanol–water partition coefficient (Wildman–Crippen LogP) is 0.819. The van der Waals surface area contributed by atoms with Crippen LogP contribution in [-0.2, 0) is 16.0 Å². The van der Waals surface area contributed by atoms with E-state index in [9.17, 15) is 9.59 Å². The topological polar surface area (TPSA) is 75.4 Å². The molecule has 0 aliphatic carbocycles. The van der Waals surface area contributed by atoms with Crippen molar-refractivity contribution in [3.8, 4) is 0 Å². The van der Waals surface area contributed by atoms with E-state index in [0.717, 1.165) is 18.5 Å². The van der Waals surface area contributed by atoms with Crippen LogP contribution >= 0.6 is 0 Å². The first-order chi connectivity index (χ1) is 9.39. The van der Waals surface area contributed by atoms with Gasteiger partial charge >= 0.3 is 0 Å². The van der Waals surface area contributed by atoms with Crippen LogP contribution in [0.1, 0.15) is 25.8 Å². The highest BCUT2D eigenvalue weighted by molar-refractivity contribution is 5.98. The number of anilines is 1. The van der Waals surface area contributed by atoms with E-state index in [1.807, 2.05) is 24.3 Å². The Morgan fingerprint density at radius 1 is 1.35 bits per heavy atom. The summed E-state index contributed by atoms with van der Waals surface area (Å²) in [6, 6.07) is 7.88. The Balaban J connectivity index is 2.03. The zero-order valence-corrected chi connectivity index (χ0v) is 12.0. The number of hydrogen-bond donors (Lipinski definition) is 2. The van der Waals surface area contributed by atoms with Crippen LogP contribution < -0.4 is 16.0 Å². The SMILES string of the molecule is CC(C)(N)C(=O)NCC(=O)N1CCCc2ccccc21. The summed E-state index contributed by atoms with van der Waals surface area (Å²) in [6.45, 7) is 3.90. The van der Waals surface area contributed by atoms with Gasteiger partial charge in [-0.05, 0) is 38.3 Å². The van der Waals surface area contributed by atoms with Gasteiger partial charge in [0.1, 0.15) is 0 Å². The third-order valence-electron chi connectivity index (χ3n) is 3.40. The van der Waals surface area contributed by atoms with Gasteiger partial charge in [-0.3, -0.25) is 9.59 Å². The smallest absolute Gasteiger partial charge is 0.246 e. The highest BCUT2D eigenvalue weighted by Crippen LogP contribution is 2.26. The molecule has 108 valence electrons. The molecule has 5 nitrogen and oxygen atoms in total. The summed E-state index contributed by atoms with van der Waals surface area (Å²) in [7, 11) is 0. The lowest BCUT2D eigenvalue weighted by Gasteiger charge is -2.30. The van der Waals surface area contributed by atoms with E-state index in [1.165, 1.54) is 5.56 Å². The van der Waals surface area contributed by atoms with Crippen molar-refractivity contribution in [3.05, 3.63) is 29.8 Å². The lowest BCUT2D eigenvalue weighted by atomic mass is 10.0. The lowest BCUT2D eigenvalue weighted by molar-refractivity contribution is -0.128. The van der Waals surface area contributed by atoms with Crippen LogP contribution in [0.15, 0.2) is 24.3 Å². The maximum atomic E-state index is 12.3. The number of carbonyl (C=O) groups is 2. The number of nitrogens with two attached hydrogens (primary N) is 1. The monoisotopic (exact) mass is 275 g/mol. The molecule has 1 aliphatic heterocycles. The Hall–Kier alpha value is -1.88. The maximum Gasteiger partial charge on any atom is 0.246 e. The molecule has 1 aromatic carbocycles. The van der Waals surface area contributed by atoms with E-state index in [1.54, 1.807) is 18.7 Å². The zero-order valence-electron chi connectivity index (χ0n) is 12.0. The van der Waals surface area contributed by atoms with Crippen molar-refractivity contribution in [2.75, 3.05) is 18.0 Å².